The standard InChI is InChI=1S/C9H16BO2/c1-7(2)10-11-8(3,4)9(5,6)12-10/h1-2H2,3-6H3/q+1. The van der Waals surface area contributed by atoms with Gasteiger partial charge in [-0.3, -0.25) is 0 Å². The van der Waals surface area contributed by atoms with Crippen LogP contribution in [0.1, 0.15) is 27.7 Å². The smallest absolute Gasteiger partial charge is 0.397 e. The fraction of sp³-hybridized carbons (Fsp3) is 0.667. The van der Waals surface area contributed by atoms with Gasteiger partial charge in [-0.1, -0.05) is 0 Å². The van der Waals surface area contributed by atoms with Gasteiger partial charge in [0.15, 0.2) is 0 Å². The SMILES string of the molecule is C=C([CH2+])B1OC(C)(C)C(C)(C)O1. The van der Waals surface area contributed by atoms with Gasteiger partial charge in [0.2, 0.25) is 0 Å². The number of hydrogen-bond acceptors (Lipinski definition) is 2. The van der Waals surface area contributed by atoms with Gasteiger partial charge in [0, 0.05) is 13.5 Å². The molecule has 0 radical (unpaired) electrons. The molecule has 0 aromatic rings. The summed E-state index contributed by atoms with van der Waals surface area (Å²) in [7, 11) is -0.352. The largest absolute Gasteiger partial charge is 0.537 e. The van der Waals surface area contributed by atoms with Crippen LogP contribution in [0, 0.1) is 6.92 Å². The monoisotopic (exact) mass is 167 g/mol. The molecule has 0 unspecified atom stereocenters. The van der Waals surface area contributed by atoms with Gasteiger partial charge in [-0.15, -0.1) is 0 Å². The maximum atomic E-state index is 5.64. The van der Waals surface area contributed by atoms with Crippen LogP contribution < -0.4 is 0 Å². The molecular weight excluding hydrogens is 151 g/mol. The van der Waals surface area contributed by atoms with E-state index in [0.29, 0.717) is 5.47 Å². The summed E-state index contributed by atoms with van der Waals surface area (Å²) in [5.74, 6) is 0. The summed E-state index contributed by atoms with van der Waals surface area (Å²) in [5, 5.41) is 0. The van der Waals surface area contributed by atoms with Crippen LogP contribution in [-0.4, -0.2) is 18.3 Å². The summed E-state index contributed by atoms with van der Waals surface area (Å²) < 4.78 is 11.3. The van der Waals surface area contributed by atoms with E-state index in [1.54, 1.807) is 0 Å². The number of allylic oxidation sites excluding steroid dienone is 1. The fourth-order valence-corrected chi connectivity index (χ4v) is 1.01. The van der Waals surface area contributed by atoms with Crippen molar-refractivity contribution in [3.05, 3.63) is 19.0 Å². The zero-order valence-electron chi connectivity index (χ0n) is 8.31. The van der Waals surface area contributed by atoms with Crippen molar-refractivity contribution in [3.8, 4) is 0 Å². The van der Waals surface area contributed by atoms with Crippen molar-refractivity contribution in [3.63, 3.8) is 0 Å². The average molecular weight is 167 g/mol. The van der Waals surface area contributed by atoms with Crippen LogP contribution >= 0.6 is 0 Å². The molecule has 0 spiro atoms. The molecular formula is C9H16BO2+. The second-order valence-corrected chi connectivity index (χ2v) is 4.25. The summed E-state index contributed by atoms with van der Waals surface area (Å²) in [5.41, 5.74) is 0.116. The fourth-order valence-electron chi connectivity index (χ4n) is 1.01. The van der Waals surface area contributed by atoms with E-state index in [4.69, 9.17) is 9.31 Å². The van der Waals surface area contributed by atoms with E-state index in [2.05, 4.69) is 13.5 Å². The van der Waals surface area contributed by atoms with Crippen molar-refractivity contribution in [2.24, 2.45) is 0 Å². The van der Waals surface area contributed by atoms with E-state index in [-0.39, 0.29) is 18.3 Å². The molecule has 0 N–H and O–H groups in total. The molecule has 0 bridgehead atoms. The van der Waals surface area contributed by atoms with Crippen molar-refractivity contribution in [1.29, 1.82) is 0 Å². The van der Waals surface area contributed by atoms with Crippen molar-refractivity contribution >= 4 is 7.12 Å². The van der Waals surface area contributed by atoms with Crippen LogP contribution in [0.5, 0.6) is 0 Å². The van der Waals surface area contributed by atoms with Gasteiger partial charge in [-0.05, 0) is 27.7 Å². The lowest BCUT2D eigenvalue weighted by Crippen LogP contribution is -2.41. The molecule has 3 heteroatoms. The molecule has 1 aliphatic heterocycles. The van der Waals surface area contributed by atoms with Crippen LogP contribution in [0.4, 0.5) is 0 Å². The van der Waals surface area contributed by atoms with Crippen molar-refractivity contribution in [2.45, 2.75) is 38.9 Å². The lowest BCUT2D eigenvalue weighted by atomic mass is 9.81. The second-order valence-electron chi connectivity index (χ2n) is 4.25. The van der Waals surface area contributed by atoms with Gasteiger partial charge in [0.25, 0.3) is 0 Å². The van der Waals surface area contributed by atoms with E-state index >= 15 is 0 Å². The quantitative estimate of drug-likeness (QED) is 0.439. The van der Waals surface area contributed by atoms with E-state index in [1.807, 2.05) is 27.7 Å². The van der Waals surface area contributed by atoms with Gasteiger partial charge >= 0.3 is 7.12 Å². The molecule has 66 valence electrons. The van der Waals surface area contributed by atoms with Crippen molar-refractivity contribution in [1.82, 2.24) is 0 Å². The van der Waals surface area contributed by atoms with Crippen molar-refractivity contribution in [2.75, 3.05) is 0 Å². The van der Waals surface area contributed by atoms with Gasteiger partial charge in [0.05, 0.1) is 11.2 Å². The predicted octanol–water partition coefficient (Wildman–Crippen LogP) is 2.01. The first-order valence-electron chi connectivity index (χ1n) is 4.13. The molecule has 12 heavy (non-hydrogen) atoms. The van der Waals surface area contributed by atoms with Crippen molar-refractivity contribution < 1.29 is 9.31 Å². The Balaban J connectivity index is 2.81. The molecule has 1 aliphatic rings. The van der Waals surface area contributed by atoms with Gasteiger partial charge < -0.3 is 9.31 Å². The second kappa shape index (κ2) is 2.54. The first-order chi connectivity index (χ1) is 5.26. The Labute approximate surface area is 75.1 Å². The third-order valence-corrected chi connectivity index (χ3v) is 2.59. The Morgan fingerprint density at radius 2 is 1.50 bits per heavy atom. The zero-order valence-corrected chi connectivity index (χ0v) is 8.31. The first-order valence-corrected chi connectivity index (χ1v) is 4.13. The molecule has 1 fully saturated rings. The summed E-state index contributed by atoms with van der Waals surface area (Å²) in [6, 6.07) is 0. The summed E-state index contributed by atoms with van der Waals surface area (Å²) in [6.45, 7) is 15.5. The Bertz CT molecular complexity index is 193. The lowest BCUT2D eigenvalue weighted by Gasteiger charge is -2.32. The number of rotatable bonds is 1. The highest BCUT2D eigenvalue weighted by Crippen LogP contribution is 2.37. The molecule has 0 amide bonds. The van der Waals surface area contributed by atoms with E-state index < -0.39 is 0 Å². The lowest BCUT2D eigenvalue weighted by molar-refractivity contribution is 0.00578. The highest BCUT2D eigenvalue weighted by Gasteiger charge is 2.53. The van der Waals surface area contributed by atoms with Crippen LogP contribution in [0.15, 0.2) is 12.1 Å². The average Bonchev–Trinajstić information content (AvgIpc) is 2.03. The normalized spacial score (nSPS) is 25.8. The van der Waals surface area contributed by atoms with Crippen LogP contribution in [0.25, 0.3) is 0 Å². The Morgan fingerprint density at radius 1 is 1.17 bits per heavy atom. The predicted molar refractivity (Wildman–Crippen MR) is 50.6 cm³/mol. The summed E-state index contributed by atoms with van der Waals surface area (Å²) in [4.78, 5) is 0. The molecule has 0 saturated carbocycles. The summed E-state index contributed by atoms with van der Waals surface area (Å²) >= 11 is 0. The minimum atomic E-state index is -0.352. The topological polar surface area (TPSA) is 18.5 Å². The maximum Gasteiger partial charge on any atom is 0.537 e. The van der Waals surface area contributed by atoms with Gasteiger partial charge in [0.1, 0.15) is 5.47 Å². The number of hydrogen-bond donors (Lipinski definition) is 0. The molecule has 2 nitrogen and oxygen atoms in total. The Hall–Kier alpha value is -0.405. The summed E-state index contributed by atoms with van der Waals surface area (Å²) in [6.07, 6.45) is 0. The van der Waals surface area contributed by atoms with Gasteiger partial charge in [-0.2, -0.15) is 0 Å². The zero-order chi connectivity index (χ0) is 9.57. The molecule has 1 rings (SSSR count). The van der Waals surface area contributed by atoms with E-state index in [1.165, 1.54) is 0 Å². The maximum absolute atomic E-state index is 5.64. The Kier molecular flexibility index (Phi) is 2.05. The van der Waals surface area contributed by atoms with Crippen LogP contribution in [0.2, 0.25) is 0 Å². The Morgan fingerprint density at radius 3 is 1.67 bits per heavy atom. The van der Waals surface area contributed by atoms with E-state index in [9.17, 15) is 0 Å². The van der Waals surface area contributed by atoms with E-state index in [0.717, 1.165) is 0 Å². The minimum absolute atomic E-state index is 0.279. The third-order valence-electron chi connectivity index (χ3n) is 2.59. The van der Waals surface area contributed by atoms with Gasteiger partial charge in [-0.25, -0.2) is 0 Å². The highest BCUT2D eigenvalue weighted by molar-refractivity contribution is 6.54. The third kappa shape index (κ3) is 1.39. The minimum Gasteiger partial charge on any atom is -0.397 e. The van der Waals surface area contributed by atoms with Crippen LogP contribution in [-0.2, 0) is 9.31 Å². The first kappa shape index (κ1) is 9.68. The molecule has 1 saturated heterocycles. The molecule has 0 aliphatic carbocycles. The molecule has 0 atom stereocenters. The highest BCUT2D eigenvalue weighted by atomic mass is 16.7. The molecule has 1 heterocycles. The van der Waals surface area contributed by atoms with Crippen LogP contribution in [0.3, 0.4) is 0 Å². The molecule has 0 aromatic carbocycles. The molecule has 0 aromatic heterocycles.